The third-order valence-electron chi connectivity index (χ3n) is 6.34. The molecule has 0 radical (unpaired) electrons. The van der Waals surface area contributed by atoms with Crippen molar-refractivity contribution in [1.29, 1.82) is 0 Å². The molecule has 40 heavy (non-hydrogen) atoms. The molecule has 0 aliphatic rings. The number of benzene rings is 3. The number of carboxylic acid groups (broad SMARTS) is 1. The van der Waals surface area contributed by atoms with Crippen LogP contribution in [0.4, 0.5) is 15.3 Å². The lowest BCUT2D eigenvalue weighted by atomic mass is 10.0. The van der Waals surface area contributed by atoms with Crippen molar-refractivity contribution in [3.05, 3.63) is 99.7 Å². The van der Waals surface area contributed by atoms with E-state index in [-0.39, 0.29) is 6.54 Å². The Morgan fingerprint density at radius 1 is 1.07 bits per heavy atom. The van der Waals surface area contributed by atoms with Gasteiger partial charge in [-0.25, -0.2) is 19.6 Å². The van der Waals surface area contributed by atoms with E-state index in [2.05, 4.69) is 30.9 Å². The lowest BCUT2D eigenvalue weighted by Gasteiger charge is -2.18. The minimum absolute atomic E-state index is 0.214. The van der Waals surface area contributed by atoms with Gasteiger partial charge in [-0.1, -0.05) is 59.6 Å². The fraction of sp³-hybridized carbons (Fsp3) is 0.143. The smallest absolute Gasteiger partial charge is 0.409 e. The van der Waals surface area contributed by atoms with E-state index in [1.54, 1.807) is 36.7 Å². The van der Waals surface area contributed by atoms with Crippen molar-refractivity contribution < 1.29 is 14.7 Å². The maximum atomic E-state index is 13.1. The Balaban J connectivity index is 1.38. The van der Waals surface area contributed by atoms with Crippen molar-refractivity contribution in [2.45, 2.75) is 25.9 Å². The fourth-order valence-corrected chi connectivity index (χ4v) is 4.99. The number of fused-ring (bicyclic) bond motifs is 1. The van der Waals surface area contributed by atoms with Crippen molar-refractivity contribution in [3.63, 3.8) is 0 Å². The minimum atomic E-state index is -1.15. The maximum absolute atomic E-state index is 13.1. The van der Waals surface area contributed by atoms with Crippen molar-refractivity contribution in [2.75, 3.05) is 5.32 Å². The average Bonchev–Trinajstić information content (AvgIpc) is 3.54. The topological polar surface area (TPSA) is 148 Å². The number of H-pyrrole nitrogens is 2. The first-order chi connectivity index (χ1) is 19.3. The van der Waals surface area contributed by atoms with E-state index in [9.17, 15) is 9.59 Å². The Kier molecular flexibility index (Phi) is 7.90. The number of anilines is 1. The predicted octanol–water partition coefficient (Wildman–Crippen LogP) is 6.44. The summed E-state index contributed by atoms with van der Waals surface area (Å²) < 4.78 is 0. The molecule has 5 aromatic rings. The van der Waals surface area contributed by atoms with Crippen LogP contribution in [0.3, 0.4) is 0 Å². The number of nitrogens with one attached hydrogen (secondary N) is 5. The van der Waals surface area contributed by atoms with E-state index < -0.39 is 18.2 Å². The van der Waals surface area contributed by atoms with E-state index in [1.165, 1.54) is 0 Å². The highest BCUT2D eigenvalue weighted by Crippen LogP contribution is 2.32. The minimum Gasteiger partial charge on any atom is -0.465 e. The molecule has 0 aliphatic heterocycles. The summed E-state index contributed by atoms with van der Waals surface area (Å²) >= 11 is 12.8. The molecule has 1 unspecified atom stereocenters. The monoisotopic (exact) mass is 577 g/mol. The Labute approximate surface area is 239 Å². The Morgan fingerprint density at radius 2 is 1.88 bits per heavy atom. The number of amides is 3. The van der Waals surface area contributed by atoms with Crippen molar-refractivity contribution in [3.8, 4) is 11.3 Å². The van der Waals surface area contributed by atoms with Crippen LogP contribution in [-0.4, -0.2) is 37.2 Å². The highest BCUT2D eigenvalue weighted by atomic mass is 35.5. The number of imidazole rings is 2. The molecule has 0 fully saturated rings. The van der Waals surface area contributed by atoms with E-state index >= 15 is 0 Å². The first-order valence-electron chi connectivity index (χ1n) is 12.3. The zero-order valence-electron chi connectivity index (χ0n) is 21.3. The van der Waals surface area contributed by atoms with Crippen LogP contribution in [0, 0.1) is 6.92 Å². The maximum Gasteiger partial charge on any atom is 0.409 e. The van der Waals surface area contributed by atoms with Gasteiger partial charge in [-0.15, -0.1) is 0 Å². The normalized spacial score (nSPS) is 11.8. The van der Waals surface area contributed by atoms with Gasteiger partial charge in [0.2, 0.25) is 0 Å². The second kappa shape index (κ2) is 11.7. The summed E-state index contributed by atoms with van der Waals surface area (Å²) in [5.74, 6) is 0.476. The zero-order chi connectivity index (χ0) is 28.2. The number of aromatic amines is 2. The number of hydrogen-bond donors (Lipinski definition) is 6. The number of urea groups is 1. The summed E-state index contributed by atoms with van der Waals surface area (Å²) in [6.07, 6.45) is 0.888. The summed E-state index contributed by atoms with van der Waals surface area (Å²) in [4.78, 5) is 39.3. The van der Waals surface area contributed by atoms with E-state index in [4.69, 9.17) is 33.3 Å². The van der Waals surface area contributed by atoms with E-state index in [1.807, 2.05) is 37.3 Å². The highest BCUT2D eigenvalue weighted by molar-refractivity contribution is 6.32. The molecule has 10 nitrogen and oxygen atoms in total. The standard InChI is InChI=1S/C28H25Cl2N7O3/c1-15-9-19(34-28(39)40)7-8-20(15)24-25(30)37-26(36-24)22(10-16-5-3-2-4-6-16)35-27(38)31-13-17-11-18(29)12-21-23(17)33-14-32-21/h2-9,11-12,14,22,34H,10,13H2,1H3,(H,32,33)(H,36,37)(H,39,40)(H2,31,35,38). The molecule has 5 rings (SSSR count). The van der Waals surface area contributed by atoms with Crippen LogP contribution in [-0.2, 0) is 13.0 Å². The molecule has 1 atom stereocenters. The number of carbonyl (C=O) groups excluding carboxylic acids is 1. The quantitative estimate of drug-likeness (QED) is 0.125. The van der Waals surface area contributed by atoms with Crippen LogP contribution in [0.1, 0.15) is 28.6 Å². The van der Waals surface area contributed by atoms with Gasteiger partial charge >= 0.3 is 12.1 Å². The van der Waals surface area contributed by atoms with Gasteiger partial charge in [0, 0.05) is 28.4 Å². The molecule has 0 bridgehead atoms. The number of hydrogen-bond acceptors (Lipinski definition) is 4. The van der Waals surface area contributed by atoms with Gasteiger partial charge in [0.05, 0.1) is 23.4 Å². The molecule has 3 amide bonds. The van der Waals surface area contributed by atoms with Gasteiger partial charge in [0.25, 0.3) is 0 Å². The summed E-state index contributed by atoms with van der Waals surface area (Å²) in [5.41, 5.74) is 5.73. The molecule has 6 N–H and O–H groups in total. The van der Waals surface area contributed by atoms with E-state index in [0.717, 1.165) is 33.3 Å². The van der Waals surface area contributed by atoms with Crippen LogP contribution in [0.15, 0.2) is 67.0 Å². The number of aryl methyl sites for hydroxylation is 1. The molecule has 2 aromatic heterocycles. The second-order valence-electron chi connectivity index (χ2n) is 9.18. The van der Waals surface area contributed by atoms with Crippen molar-refractivity contribution in [1.82, 2.24) is 30.6 Å². The molecular weight excluding hydrogens is 553 g/mol. The van der Waals surface area contributed by atoms with Gasteiger partial charge in [-0.3, -0.25) is 5.32 Å². The largest absolute Gasteiger partial charge is 0.465 e. The molecule has 0 saturated carbocycles. The lowest BCUT2D eigenvalue weighted by molar-refractivity contribution is 0.209. The van der Waals surface area contributed by atoms with Crippen LogP contribution in [0.25, 0.3) is 22.3 Å². The Hall–Kier alpha value is -4.54. The first-order valence-corrected chi connectivity index (χ1v) is 13.1. The Morgan fingerprint density at radius 3 is 2.62 bits per heavy atom. The first kappa shape index (κ1) is 27.0. The van der Waals surface area contributed by atoms with Crippen LogP contribution >= 0.6 is 23.2 Å². The van der Waals surface area contributed by atoms with E-state index in [0.29, 0.717) is 33.8 Å². The third-order valence-corrected chi connectivity index (χ3v) is 6.83. The third kappa shape index (κ3) is 6.19. The zero-order valence-corrected chi connectivity index (χ0v) is 22.8. The average molecular weight is 578 g/mol. The summed E-state index contributed by atoms with van der Waals surface area (Å²) in [7, 11) is 0. The van der Waals surface area contributed by atoms with Crippen LogP contribution in [0.5, 0.6) is 0 Å². The van der Waals surface area contributed by atoms with Gasteiger partial charge in [0.15, 0.2) is 0 Å². The summed E-state index contributed by atoms with van der Waals surface area (Å²) in [5, 5.41) is 18.1. The van der Waals surface area contributed by atoms with Crippen molar-refractivity contribution in [2.24, 2.45) is 0 Å². The molecule has 204 valence electrons. The highest BCUT2D eigenvalue weighted by Gasteiger charge is 2.22. The molecule has 12 heteroatoms. The number of nitrogens with zero attached hydrogens (tertiary/aromatic N) is 2. The van der Waals surface area contributed by atoms with Crippen molar-refractivity contribution >= 4 is 52.0 Å². The van der Waals surface area contributed by atoms with Gasteiger partial charge in [0.1, 0.15) is 16.7 Å². The number of rotatable bonds is 8. The number of carbonyl (C=O) groups is 2. The lowest BCUT2D eigenvalue weighted by Crippen LogP contribution is -2.38. The summed E-state index contributed by atoms with van der Waals surface area (Å²) in [6.45, 7) is 2.05. The van der Waals surface area contributed by atoms with Crippen LogP contribution in [0.2, 0.25) is 10.2 Å². The SMILES string of the molecule is Cc1cc(NC(=O)O)ccc1-c1nc(C(Cc2ccccc2)NC(=O)NCc2cc(Cl)cc3[nH]cnc23)[nH]c1Cl. The number of aromatic nitrogens is 4. The Bertz CT molecular complexity index is 1680. The molecule has 3 aromatic carbocycles. The van der Waals surface area contributed by atoms with Crippen LogP contribution < -0.4 is 16.0 Å². The number of halogens is 2. The summed E-state index contributed by atoms with van der Waals surface area (Å²) in [6, 6.07) is 17.4. The molecule has 0 saturated heterocycles. The molecule has 0 aliphatic carbocycles. The molecular formula is C28H25Cl2N7O3. The van der Waals surface area contributed by atoms with Gasteiger partial charge in [-0.2, -0.15) is 0 Å². The second-order valence-corrected chi connectivity index (χ2v) is 9.99. The van der Waals surface area contributed by atoms with Gasteiger partial charge < -0.3 is 25.7 Å². The van der Waals surface area contributed by atoms with Gasteiger partial charge in [-0.05, 0) is 48.7 Å². The molecule has 2 heterocycles. The predicted molar refractivity (Wildman–Crippen MR) is 155 cm³/mol. The fourth-order valence-electron chi connectivity index (χ4n) is 4.51. The molecule has 0 spiro atoms.